The number of unbranched alkanes of at least 4 members (excludes halogenated alkanes) is 1. The van der Waals surface area contributed by atoms with Crippen molar-refractivity contribution >= 4 is 16.8 Å². The Morgan fingerprint density at radius 3 is 2.62 bits per heavy atom. The highest BCUT2D eigenvalue weighted by Gasteiger charge is 1.96. The van der Waals surface area contributed by atoms with Gasteiger partial charge in [0.2, 0.25) is 0 Å². The molecule has 0 rings (SSSR count). The topological polar surface area (TPSA) is 66.4 Å². The van der Waals surface area contributed by atoms with E-state index in [2.05, 4.69) is 5.32 Å². The van der Waals surface area contributed by atoms with Gasteiger partial charge < -0.3 is 10.4 Å². The second-order valence-electron chi connectivity index (χ2n) is 2.88. The molecule has 0 aromatic carbocycles. The number of nitrogens with one attached hydrogen (secondary N) is 1. The molecule has 0 aromatic heterocycles. The number of aliphatic carboxylic acids is 1. The third kappa shape index (κ3) is 11.6. The van der Waals surface area contributed by atoms with E-state index in [4.69, 9.17) is 5.11 Å². The molecule has 0 aliphatic rings. The van der Waals surface area contributed by atoms with Crippen LogP contribution < -0.4 is 5.32 Å². The normalized spacial score (nSPS) is 12.7. The van der Waals surface area contributed by atoms with Crippen LogP contribution in [-0.4, -0.2) is 40.4 Å². The zero-order chi connectivity index (χ0) is 10.1. The smallest absolute Gasteiger partial charge is 0.303 e. The molecule has 0 radical (unpaired) electrons. The highest BCUT2D eigenvalue weighted by Crippen LogP contribution is 1.92. The van der Waals surface area contributed by atoms with Gasteiger partial charge in [0, 0.05) is 35.8 Å². The van der Waals surface area contributed by atoms with E-state index in [0.29, 0.717) is 12.2 Å². The minimum Gasteiger partial charge on any atom is -0.481 e. The van der Waals surface area contributed by atoms with Crippen LogP contribution in [0.25, 0.3) is 0 Å². The Morgan fingerprint density at radius 1 is 1.38 bits per heavy atom. The second-order valence-corrected chi connectivity index (χ2v) is 4.43. The lowest BCUT2D eigenvalue weighted by Crippen LogP contribution is -2.21. The highest BCUT2D eigenvalue weighted by molar-refractivity contribution is 7.84. The molecule has 0 aliphatic carbocycles. The summed E-state index contributed by atoms with van der Waals surface area (Å²) in [7, 11) is -0.737. The number of carboxylic acid groups (broad SMARTS) is 1. The molecule has 0 saturated carbocycles. The quantitative estimate of drug-likeness (QED) is 0.558. The van der Waals surface area contributed by atoms with E-state index in [9.17, 15) is 9.00 Å². The van der Waals surface area contributed by atoms with Gasteiger partial charge in [0.1, 0.15) is 0 Å². The first-order valence-corrected chi connectivity index (χ1v) is 6.08. The van der Waals surface area contributed by atoms with Gasteiger partial charge in [-0.1, -0.05) is 0 Å². The fraction of sp³-hybridized carbons (Fsp3) is 0.875. The maximum Gasteiger partial charge on any atom is 0.303 e. The Kier molecular flexibility index (Phi) is 7.93. The summed E-state index contributed by atoms with van der Waals surface area (Å²) in [5, 5.41) is 11.4. The third-order valence-corrected chi connectivity index (χ3v) is 2.34. The van der Waals surface area contributed by atoms with Crippen LogP contribution >= 0.6 is 0 Å². The molecule has 0 fully saturated rings. The van der Waals surface area contributed by atoms with E-state index < -0.39 is 16.8 Å². The zero-order valence-electron chi connectivity index (χ0n) is 7.91. The second kappa shape index (κ2) is 8.19. The Balaban J connectivity index is 3.00. The summed E-state index contributed by atoms with van der Waals surface area (Å²) in [6.45, 7) is 1.56. The number of carbonyl (C=O) groups is 1. The van der Waals surface area contributed by atoms with Crippen molar-refractivity contribution in [3.8, 4) is 0 Å². The van der Waals surface area contributed by atoms with Crippen molar-refractivity contribution in [2.45, 2.75) is 19.3 Å². The molecule has 13 heavy (non-hydrogen) atoms. The van der Waals surface area contributed by atoms with Gasteiger partial charge in [0.05, 0.1) is 0 Å². The average Bonchev–Trinajstić information content (AvgIpc) is 2.01. The van der Waals surface area contributed by atoms with Crippen molar-refractivity contribution in [3.05, 3.63) is 0 Å². The molecule has 78 valence electrons. The molecule has 5 heteroatoms. The molecule has 0 aromatic rings. The van der Waals surface area contributed by atoms with Crippen molar-refractivity contribution in [1.29, 1.82) is 0 Å². The van der Waals surface area contributed by atoms with Crippen LogP contribution in [-0.2, 0) is 15.6 Å². The molecule has 1 atom stereocenters. The van der Waals surface area contributed by atoms with Gasteiger partial charge in [-0.2, -0.15) is 0 Å². The molecular formula is C8H17NO3S. The SMILES string of the molecule is CS(=O)CCNCCCCC(=O)O. The van der Waals surface area contributed by atoms with Crippen molar-refractivity contribution in [1.82, 2.24) is 5.32 Å². The lowest BCUT2D eigenvalue weighted by molar-refractivity contribution is -0.137. The van der Waals surface area contributed by atoms with E-state index >= 15 is 0 Å². The van der Waals surface area contributed by atoms with E-state index in [0.717, 1.165) is 19.5 Å². The fourth-order valence-electron chi connectivity index (χ4n) is 0.867. The number of hydrogen-bond acceptors (Lipinski definition) is 3. The van der Waals surface area contributed by atoms with Gasteiger partial charge in [-0.3, -0.25) is 9.00 Å². The average molecular weight is 207 g/mol. The summed E-state index contributed by atoms with van der Waals surface area (Å²) >= 11 is 0. The number of rotatable bonds is 8. The van der Waals surface area contributed by atoms with Crippen molar-refractivity contribution in [2.75, 3.05) is 25.1 Å². The van der Waals surface area contributed by atoms with E-state index in [-0.39, 0.29) is 6.42 Å². The molecule has 0 aliphatic heterocycles. The van der Waals surface area contributed by atoms with Crippen LogP contribution in [0.4, 0.5) is 0 Å². The number of carboxylic acids is 1. The first kappa shape index (κ1) is 12.6. The fourth-order valence-corrected chi connectivity index (χ4v) is 1.30. The largest absolute Gasteiger partial charge is 0.481 e. The predicted octanol–water partition coefficient (Wildman–Crippen LogP) is 0.209. The van der Waals surface area contributed by atoms with Crippen LogP contribution in [0.1, 0.15) is 19.3 Å². The maximum absolute atomic E-state index is 10.6. The molecule has 0 saturated heterocycles. The molecule has 0 spiro atoms. The lowest BCUT2D eigenvalue weighted by atomic mass is 10.2. The van der Waals surface area contributed by atoms with Crippen LogP contribution in [0.3, 0.4) is 0 Å². The summed E-state index contributed by atoms with van der Waals surface area (Å²) in [4.78, 5) is 10.1. The van der Waals surface area contributed by atoms with Crippen molar-refractivity contribution in [3.63, 3.8) is 0 Å². The monoisotopic (exact) mass is 207 g/mol. The molecular weight excluding hydrogens is 190 g/mol. The molecule has 1 unspecified atom stereocenters. The van der Waals surface area contributed by atoms with Crippen LogP contribution in [0.2, 0.25) is 0 Å². The molecule has 0 amide bonds. The van der Waals surface area contributed by atoms with E-state index in [1.165, 1.54) is 0 Å². The highest BCUT2D eigenvalue weighted by atomic mass is 32.2. The Hall–Kier alpha value is -0.420. The summed E-state index contributed by atoms with van der Waals surface area (Å²) in [6.07, 6.45) is 3.48. The first-order chi connectivity index (χ1) is 6.13. The molecule has 2 N–H and O–H groups in total. The van der Waals surface area contributed by atoms with Gasteiger partial charge in [-0.05, 0) is 19.4 Å². The molecule has 0 bridgehead atoms. The van der Waals surface area contributed by atoms with Crippen molar-refractivity contribution < 1.29 is 14.1 Å². The standard InChI is InChI=1S/C8H17NO3S/c1-13(12)7-6-9-5-3-2-4-8(10)11/h9H,2-7H2,1H3,(H,10,11). The predicted molar refractivity (Wildman–Crippen MR) is 53.3 cm³/mol. The molecule has 4 nitrogen and oxygen atoms in total. The summed E-state index contributed by atoms with van der Waals surface area (Å²) in [5.41, 5.74) is 0. The summed E-state index contributed by atoms with van der Waals surface area (Å²) in [6, 6.07) is 0. The lowest BCUT2D eigenvalue weighted by Gasteiger charge is -2.01. The van der Waals surface area contributed by atoms with Crippen molar-refractivity contribution in [2.24, 2.45) is 0 Å². The van der Waals surface area contributed by atoms with Crippen LogP contribution in [0.5, 0.6) is 0 Å². The van der Waals surface area contributed by atoms with Gasteiger partial charge in [-0.25, -0.2) is 0 Å². The maximum atomic E-state index is 10.6. The Labute approximate surface area is 81.2 Å². The third-order valence-electron chi connectivity index (χ3n) is 1.56. The minimum atomic E-state index is -0.741. The number of hydrogen-bond donors (Lipinski definition) is 2. The molecule has 0 heterocycles. The van der Waals surface area contributed by atoms with Gasteiger partial charge in [0.15, 0.2) is 0 Å². The van der Waals surface area contributed by atoms with Crippen LogP contribution in [0, 0.1) is 0 Å². The van der Waals surface area contributed by atoms with Gasteiger partial charge >= 0.3 is 5.97 Å². The first-order valence-electron chi connectivity index (χ1n) is 4.35. The Bertz CT molecular complexity index is 155. The Morgan fingerprint density at radius 2 is 2.08 bits per heavy atom. The van der Waals surface area contributed by atoms with E-state index in [1.54, 1.807) is 6.26 Å². The van der Waals surface area contributed by atoms with Gasteiger partial charge in [-0.15, -0.1) is 0 Å². The van der Waals surface area contributed by atoms with E-state index in [1.807, 2.05) is 0 Å². The zero-order valence-corrected chi connectivity index (χ0v) is 8.73. The summed E-state index contributed by atoms with van der Waals surface area (Å²) in [5.74, 6) is -0.0754. The minimum absolute atomic E-state index is 0.237. The van der Waals surface area contributed by atoms with Gasteiger partial charge in [0.25, 0.3) is 0 Å². The summed E-state index contributed by atoms with van der Waals surface area (Å²) < 4.78 is 10.6. The van der Waals surface area contributed by atoms with Crippen LogP contribution in [0.15, 0.2) is 0 Å².